The zero-order valence-electron chi connectivity index (χ0n) is 11.9. The van der Waals surface area contributed by atoms with Gasteiger partial charge < -0.3 is 0 Å². The Labute approximate surface area is 135 Å². The van der Waals surface area contributed by atoms with Crippen LogP contribution in [-0.4, -0.2) is 6.21 Å². The molecule has 0 aliphatic carbocycles. The first-order valence-corrected chi connectivity index (χ1v) is 7.40. The second-order valence-corrected chi connectivity index (χ2v) is 5.25. The maximum Gasteiger partial charge on any atom is 0.0561 e. The summed E-state index contributed by atoms with van der Waals surface area (Å²) in [7, 11) is 0. The Hall–Kier alpha value is -2.58. The number of hydrazone groups is 1. The van der Waals surface area contributed by atoms with Crippen molar-refractivity contribution in [3.8, 4) is 11.1 Å². The van der Waals surface area contributed by atoms with Gasteiger partial charge in [-0.3, -0.25) is 5.43 Å². The van der Waals surface area contributed by atoms with Crippen molar-refractivity contribution in [3.63, 3.8) is 0 Å². The number of hydrogen-bond donors (Lipinski definition) is 1. The van der Waals surface area contributed by atoms with Gasteiger partial charge in [0.15, 0.2) is 0 Å². The molecule has 0 fully saturated rings. The lowest BCUT2D eigenvalue weighted by atomic mass is 10.0. The predicted molar refractivity (Wildman–Crippen MR) is 94.5 cm³/mol. The Morgan fingerprint density at radius 1 is 0.773 bits per heavy atom. The Bertz CT molecular complexity index is 765. The molecular formula is C19H15ClN2. The first-order valence-electron chi connectivity index (χ1n) is 7.02. The number of nitrogens with one attached hydrogen (secondary N) is 1. The molecule has 0 heterocycles. The molecule has 0 spiro atoms. The minimum Gasteiger partial charge on any atom is -0.279 e. The quantitative estimate of drug-likeness (QED) is 0.503. The van der Waals surface area contributed by atoms with Gasteiger partial charge in [0.1, 0.15) is 0 Å². The highest BCUT2D eigenvalue weighted by Crippen LogP contribution is 2.27. The van der Waals surface area contributed by atoms with E-state index in [1.165, 1.54) is 0 Å². The summed E-state index contributed by atoms with van der Waals surface area (Å²) in [4.78, 5) is 0. The number of rotatable bonds is 4. The zero-order valence-corrected chi connectivity index (χ0v) is 12.7. The molecule has 0 bridgehead atoms. The van der Waals surface area contributed by atoms with Crippen LogP contribution < -0.4 is 5.43 Å². The van der Waals surface area contributed by atoms with Gasteiger partial charge in [-0.2, -0.15) is 5.10 Å². The third kappa shape index (κ3) is 3.54. The largest absolute Gasteiger partial charge is 0.279 e. The summed E-state index contributed by atoms with van der Waals surface area (Å²) >= 11 is 6.21. The fraction of sp³-hybridized carbons (Fsp3) is 0. The van der Waals surface area contributed by atoms with Crippen molar-refractivity contribution < 1.29 is 0 Å². The molecule has 0 unspecified atom stereocenters. The lowest BCUT2D eigenvalue weighted by Crippen LogP contribution is -1.90. The smallest absolute Gasteiger partial charge is 0.0561 e. The van der Waals surface area contributed by atoms with Crippen molar-refractivity contribution in [2.45, 2.75) is 0 Å². The summed E-state index contributed by atoms with van der Waals surface area (Å²) < 4.78 is 0. The van der Waals surface area contributed by atoms with Crippen molar-refractivity contribution in [1.82, 2.24) is 0 Å². The molecule has 3 aromatic carbocycles. The monoisotopic (exact) mass is 306 g/mol. The average Bonchev–Trinajstić information content (AvgIpc) is 2.57. The van der Waals surface area contributed by atoms with E-state index in [4.69, 9.17) is 11.6 Å². The van der Waals surface area contributed by atoms with Crippen molar-refractivity contribution >= 4 is 23.5 Å². The highest BCUT2D eigenvalue weighted by molar-refractivity contribution is 6.33. The SMILES string of the molecule is Clc1ccccc1-c1ccc(C=NNc2ccccc2)cc1. The van der Waals surface area contributed by atoms with Crippen LogP contribution in [0.1, 0.15) is 5.56 Å². The molecule has 3 rings (SSSR count). The molecule has 0 saturated carbocycles. The molecule has 0 atom stereocenters. The van der Waals surface area contributed by atoms with E-state index >= 15 is 0 Å². The van der Waals surface area contributed by atoms with E-state index in [1.807, 2.05) is 78.9 Å². The van der Waals surface area contributed by atoms with Crippen molar-refractivity contribution in [2.24, 2.45) is 5.10 Å². The Kier molecular flexibility index (Phi) is 4.52. The maximum absolute atomic E-state index is 6.21. The van der Waals surface area contributed by atoms with Crippen LogP contribution in [0.3, 0.4) is 0 Å². The molecule has 0 aromatic heterocycles. The number of nitrogens with zero attached hydrogens (tertiary/aromatic N) is 1. The summed E-state index contributed by atoms with van der Waals surface area (Å²) in [6, 6.07) is 25.8. The highest BCUT2D eigenvalue weighted by Gasteiger charge is 2.01. The van der Waals surface area contributed by atoms with E-state index in [1.54, 1.807) is 6.21 Å². The summed E-state index contributed by atoms with van der Waals surface area (Å²) in [5.41, 5.74) is 7.12. The number of para-hydroxylation sites is 1. The Balaban J connectivity index is 1.71. The first kappa shape index (κ1) is 14.4. The van der Waals surface area contributed by atoms with E-state index in [9.17, 15) is 0 Å². The van der Waals surface area contributed by atoms with E-state index in [-0.39, 0.29) is 0 Å². The zero-order chi connectivity index (χ0) is 15.2. The van der Waals surface area contributed by atoms with Gasteiger partial charge in [0.25, 0.3) is 0 Å². The lowest BCUT2D eigenvalue weighted by Gasteiger charge is -2.04. The molecule has 0 amide bonds. The lowest BCUT2D eigenvalue weighted by molar-refractivity contribution is 1.35. The van der Waals surface area contributed by atoms with Gasteiger partial charge in [0, 0.05) is 10.6 Å². The van der Waals surface area contributed by atoms with E-state index in [0.29, 0.717) is 0 Å². The van der Waals surface area contributed by atoms with Gasteiger partial charge in [-0.25, -0.2) is 0 Å². The molecule has 1 N–H and O–H groups in total. The molecule has 3 heteroatoms. The molecule has 0 saturated heterocycles. The van der Waals surface area contributed by atoms with Crippen LogP contribution in [0.15, 0.2) is 84.0 Å². The fourth-order valence-corrected chi connectivity index (χ4v) is 2.38. The van der Waals surface area contributed by atoms with Gasteiger partial charge in [0.05, 0.1) is 11.9 Å². The Morgan fingerprint density at radius 3 is 2.18 bits per heavy atom. The van der Waals surface area contributed by atoms with Crippen LogP contribution in [0, 0.1) is 0 Å². The standard InChI is InChI=1S/C19H15ClN2/c20-19-9-5-4-8-18(19)16-12-10-15(11-13-16)14-21-22-17-6-2-1-3-7-17/h1-14,22H. The van der Waals surface area contributed by atoms with E-state index in [2.05, 4.69) is 10.5 Å². The molecule has 22 heavy (non-hydrogen) atoms. The molecule has 0 aliphatic rings. The summed E-state index contributed by atoms with van der Waals surface area (Å²) in [6.07, 6.45) is 1.80. The predicted octanol–water partition coefficient (Wildman–Crippen LogP) is 5.45. The summed E-state index contributed by atoms with van der Waals surface area (Å²) in [5, 5.41) is 4.99. The minimum absolute atomic E-state index is 0.759. The number of halogens is 1. The van der Waals surface area contributed by atoms with Crippen LogP contribution in [0.2, 0.25) is 5.02 Å². The van der Waals surface area contributed by atoms with Gasteiger partial charge >= 0.3 is 0 Å². The molecule has 2 nitrogen and oxygen atoms in total. The van der Waals surface area contributed by atoms with Gasteiger partial charge in [-0.05, 0) is 29.3 Å². The average molecular weight is 307 g/mol. The van der Waals surface area contributed by atoms with Crippen LogP contribution in [0.5, 0.6) is 0 Å². The maximum atomic E-state index is 6.21. The Morgan fingerprint density at radius 2 is 1.45 bits per heavy atom. The molecule has 0 aliphatic heterocycles. The van der Waals surface area contributed by atoms with Crippen LogP contribution in [-0.2, 0) is 0 Å². The van der Waals surface area contributed by atoms with Gasteiger partial charge in [0.2, 0.25) is 0 Å². The van der Waals surface area contributed by atoms with Crippen molar-refractivity contribution in [2.75, 3.05) is 5.43 Å². The molecule has 3 aromatic rings. The summed E-state index contributed by atoms with van der Waals surface area (Å²) in [6.45, 7) is 0. The topological polar surface area (TPSA) is 24.4 Å². The van der Waals surface area contributed by atoms with Gasteiger partial charge in [-0.1, -0.05) is 72.3 Å². The number of hydrogen-bond acceptors (Lipinski definition) is 2. The number of benzene rings is 3. The third-order valence-electron chi connectivity index (χ3n) is 3.28. The van der Waals surface area contributed by atoms with Crippen molar-refractivity contribution in [3.05, 3.63) is 89.4 Å². The second-order valence-electron chi connectivity index (χ2n) is 4.84. The van der Waals surface area contributed by atoms with Crippen LogP contribution in [0.25, 0.3) is 11.1 Å². The second kappa shape index (κ2) is 6.92. The number of anilines is 1. The molecule has 108 valence electrons. The summed E-state index contributed by atoms with van der Waals surface area (Å²) in [5.74, 6) is 0. The van der Waals surface area contributed by atoms with Gasteiger partial charge in [-0.15, -0.1) is 0 Å². The van der Waals surface area contributed by atoms with Crippen LogP contribution in [0.4, 0.5) is 5.69 Å². The molecule has 0 radical (unpaired) electrons. The van der Waals surface area contributed by atoms with E-state index < -0.39 is 0 Å². The van der Waals surface area contributed by atoms with E-state index in [0.717, 1.165) is 27.4 Å². The highest BCUT2D eigenvalue weighted by atomic mass is 35.5. The van der Waals surface area contributed by atoms with Crippen LogP contribution >= 0.6 is 11.6 Å². The fourth-order valence-electron chi connectivity index (χ4n) is 2.14. The third-order valence-corrected chi connectivity index (χ3v) is 3.61. The minimum atomic E-state index is 0.759. The van der Waals surface area contributed by atoms with Crippen molar-refractivity contribution in [1.29, 1.82) is 0 Å². The normalized spacial score (nSPS) is 10.8. The first-order chi connectivity index (χ1) is 10.8. The molecular weight excluding hydrogens is 292 g/mol.